The Balaban J connectivity index is 1.54. The number of ether oxygens (including phenoxy) is 1. The smallest absolute Gasteiger partial charge is 0.325 e. The van der Waals surface area contributed by atoms with E-state index in [-0.39, 0.29) is 23.6 Å². The number of rotatable bonds is 6. The highest BCUT2D eigenvalue weighted by Gasteiger charge is 2.44. The lowest BCUT2D eigenvalue weighted by atomic mass is 10.1. The van der Waals surface area contributed by atoms with Crippen molar-refractivity contribution in [3.8, 4) is 0 Å². The van der Waals surface area contributed by atoms with E-state index in [1.165, 1.54) is 12.1 Å². The molecule has 2 atom stereocenters. The lowest BCUT2D eigenvalue weighted by Gasteiger charge is -2.22. The van der Waals surface area contributed by atoms with Gasteiger partial charge in [0, 0.05) is 19.2 Å². The van der Waals surface area contributed by atoms with Crippen molar-refractivity contribution in [2.45, 2.75) is 23.5 Å². The van der Waals surface area contributed by atoms with Crippen molar-refractivity contribution in [2.24, 2.45) is 0 Å². The molecule has 0 bridgehead atoms. The molecule has 9 heteroatoms. The van der Waals surface area contributed by atoms with Crippen LogP contribution in [0, 0.1) is 0 Å². The van der Waals surface area contributed by atoms with E-state index in [1.807, 2.05) is 12.1 Å². The van der Waals surface area contributed by atoms with Crippen LogP contribution in [0.2, 0.25) is 0 Å². The molecule has 2 aromatic carbocycles. The van der Waals surface area contributed by atoms with Gasteiger partial charge in [-0.15, -0.1) is 0 Å². The molecule has 0 radical (unpaired) electrons. The molecule has 1 aromatic heterocycles. The standard InChI is InChI=1S/C21H20N2O6S/c24-16-11-19(21(26)29-13-20(25)18-6-3-9-22-18)23(12-16)30(27,28)17-8-7-14-4-1-2-5-15(14)10-17/h1-10,16,19,22,24H,11-13H2/t16-,19+/m1/s1. The van der Waals surface area contributed by atoms with Gasteiger partial charge in [-0.3, -0.25) is 9.59 Å². The Labute approximate surface area is 173 Å². The predicted molar refractivity (Wildman–Crippen MR) is 108 cm³/mol. The number of aromatic amines is 1. The van der Waals surface area contributed by atoms with Crippen LogP contribution in [-0.4, -0.2) is 59.9 Å². The van der Waals surface area contributed by atoms with Crippen molar-refractivity contribution in [1.82, 2.24) is 9.29 Å². The number of nitrogens with zero attached hydrogens (tertiary/aromatic N) is 1. The van der Waals surface area contributed by atoms with Gasteiger partial charge in [0.2, 0.25) is 15.8 Å². The number of benzene rings is 2. The van der Waals surface area contributed by atoms with Crippen molar-refractivity contribution >= 4 is 32.5 Å². The van der Waals surface area contributed by atoms with E-state index in [0.717, 1.165) is 15.1 Å². The number of aromatic nitrogens is 1. The number of Topliss-reactive ketones (excluding diaryl/α,β-unsaturated/α-hetero) is 1. The maximum absolute atomic E-state index is 13.2. The summed E-state index contributed by atoms with van der Waals surface area (Å²) in [5, 5.41) is 11.7. The van der Waals surface area contributed by atoms with Gasteiger partial charge in [0.1, 0.15) is 6.04 Å². The molecule has 0 saturated carbocycles. The second kappa shape index (κ2) is 8.02. The summed E-state index contributed by atoms with van der Waals surface area (Å²) in [5.74, 6) is -1.30. The third kappa shape index (κ3) is 3.87. The van der Waals surface area contributed by atoms with Crippen molar-refractivity contribution in [3.05, 3.63) is 66.5 Å². The van der Waals surface area contributed by atoms with Gasteiger partial charge < -0.3 is 14.8 Å². The molecule has 0 unspecified atom stereocenters. The van der Waals surface area contributed by atoms with E-state index < -0.39 is 40.5 Å². The molecule has 0 aliphatic carbocycles. The fourth-order valence-electron chi connectivity index (χ4n) is 3.54. The number of sulfonamides is 1. The van der Waals surface area contributed by atoms with E-state index in [0.29, 0.717) is 0 Å². The van der Waals surface area contributed by atoms with Crippen LogP contribution in [0.5, 0.6) is 0 Å². The van der Waals surface area contributed by atoms with Crippen LogP contribution in [0.25, 0.3) is 10.8 Å². The number of hydrogen-bond donors (Lipinski definition) is 2. The van der Waals surface area contributed by atoms with E-state index in [2.05, 4.69) is 4.98 Å². The Kier molecular flexibility index (Phi) is 5.42. The van der Waals surface area contributed by atoms with Gasteiger partial charge in [0.15, 0.2) is 6.61 Å². The summed E-state index contributed by atoms with van der Waals surface area (Å²) < 4.78 is 32.4. The van der Waals surface area contributed by atoms with E-state index in [4.69, 9.17) is 4.74 Å². The minimum Gasteiger partial charge on any atom is -0.456 e. The quantitative estimate of drug-likeness (QED) is 0.456. The molecule has 2 heterocycles. The fraction of sp³-hybridized carbons (Fsp3) is 0.238. The minimum atomic E-state index is -4.06. The molecule has 1 aliphatic rings. The summed E-state index contributed by atoms with van der Waals surface area (Å²) >= 11 is 0. The third-order valence-corrected chi connectivity index (χ3v) is 6.95. The van der Waals surface area contributed by atoms with Crippen LogP contribution in [0.1, 0.15) is 16.9 Å². The Hall–Kier alpha value is -3.01. The van der Waals surface area contributed by atoms with E-state index >= 15 is 0 Å². The number of hydrogen-bond acceptors (Lipinski definition) is 6. The number of H-pyrrole nitrogens is 1. The highest BCUT2D eigenvalue weighted by Crippen LogP contribution is 2.29. The van der Waals surface area contributed by atoms with Crippen LogP contribution >= 0.6 is 0 Å². The van der Waals surface area contributed by atoms with Crippen molar-refractivity contribution < 1.29 is 27.9 Å². The molecule has 156 valence electrons. The molecule has 0 amide bonds. The van der Waals surface area contributed by atoms with Gasteiger partial charge in [-0.25, -0.2) is 8.42 Å². The van der Waals surface area contributed by atoms with Gasteiger partial charge in [-0.05, 0) is 35.0 Å². The summed E-state index contributed by atoms with van der Waals surface area (Å²) in [5.41, 5.74) is 0.287. The summed E-state index contributed by atoms with van der Waals surface area (Å²) in [6.45, 7) is -0.741. The summed E-state index contributed by atoms with van der Waals surface area (Å²) in [6.07, 6.45) is 0.472. The number of carbonyl (C=O) groups is 2. The van der Waals surface area contributed by atoms with Crippen LogP contribution in [0.3, 0.4) is 0 Å². The largest absolute Gasteiger partial charge is 0.456 e. The zero-order valence-corrected chi connectivity index (χ0v) is 16.7. The second-order valence-electron chi connectivity index (χ2n) is 7.10. The molecule has 1 fully saturated rings. The Morgan fingerprint density at radius 3 is 2.60 bits per heavy atom. The van der Waals surface area contributed by atoms with Crippen molar-refractivity contribution in [1.29, 1.82) is 0 Å². The lowest BCUT2D eigenvalue weighted by Crippen LogP contribution is -2.41. The number of carbonyl (C=O) groups excluding carboxylic acids is 2. The van der Waals surface area contributed by atoms with Crippen molar-refractivity contribution in [2.75, 3.05) is 13.2 Å². The molecule has 30 heavy (non-hydrogen) atoms. The lowest BCUT2D eigenvalue weighted by molar-refractivity contribution is -0.146. The SMILES string of the molecule is O=C(COC(=O)[C@@H]1C[C@@H](O)CN1S(=O)(=O)c1ccc2ccccc2c1)c1ccc[nH]1. The normalized spacial score (nSPS) is 19.8. The fourth-order valence-corrected chi connectivity index (χ4v) is 5.20. The highest BCUT2D eigenvalue weighted by atomic mass is 32.2. The predicted octanol–water partition coefficient (Wildman–Crippen LogP) is 1.72. The Bertz CT molecular complexity index is 1190. The van der Waals surface area contributed by atoms with Gasteiger partial charge >= 0.3 is 5.97 Å². The van der Waals surface area contributed by atoms with Gasteiger partial charge in [0.25, 0.3) is 0 Å². The number of ketones is 1. The average Bonchev–Trinajstić information content (AvgIpc) is 3.41. The minimum absolute atomic E-state index is 0.0237. The molecule has 0 spiro atoms. The number of esters is 1. The van der Waals surface area contributed by atoms with Gasteiger partial charge in [-0.1, -0.05) is 30.3 Å². The number of aliphatic hydroxyl groups excluding tert-OH is 1. The zero-order valence-electron chi connectivity index (χ0n) is 15.9. The Morgan fingerprint density at radius 1 is 1.10 bits per heavy atom. The molecule has 4 rings (SSSR count). The number of nitrogens with one attached hydrogen (secondary N) is 1. The maximum atomic E-state index is 13.2. The Morgan fingerprint density at radius 2 is 1.87 bits per heavy atom. The van der Waals surface area contributed by atoms with E-state index in [9.17, 15) is 23.1 Å². The molecule has 1 aliphatic heterocycles. The van der Waals surface area contributed by atoms with Gasteiger partial charge in [0.05, 0.1) is 16.7 Å². The topological polar surface area (TPSA) is 117 Å². The molecule has 1 saturated heterocycles. The summed E-state index contributed by atoms with van der Waals surface area (Å²) in [4.78, 5) is 27.3. The molecule has 2 N–H and O–H groups in total. The first-order chi connectivity index (χ1) is 14.4. The first-order valence-electron chi connectivity index (χ1n) is 9.38. The van der Waals surface area contributed by atoms with Crippen LogP contribution in [0.15, 0.2) is 65.7 Å². The van der Waals surface area contributed by atoms with Crippen LogP contribution in [-0.2, 0) is 19.6 Å². The molecular weight excluding hydrogens is 408 g/mol. The summed E-state index contributed by atoms with van der Waals surface area (Å²) in [6, 6.07) is 14.0. The molecule has 8 nitrogen and oxygen atoms in total. The monoisotopic (exact) mass is 428 g/mol. The highest BCUT2D eigenvalue weighted by molar-refractivity contribution is 7.89. The third-order valence-electron chi connectivity index (χ3n) is 5.08. The average molecular weight is 428 g/mol. The molecular formula is C21H20N2O6S. The van der Waals surface area contributed by atoms with Gasteiger partial charge in [-0.2, -0.15) is 4.31 Å². The number of aliphatic hydroxyl groups is 1. The van der Waals surface area contributed by atoms with Crippen LogP contribution in [0.4, 0.5) is 0 Å². The first kappa shape index (κ1) is 20.3. The molecule has 3 aromatic rings. The zero-order chi connectivity index (χ0) is 21.3. The van der Waals surface area contributed by atoms with Crippen molar-refractivity contribution in [3.63, 3.8) is 0 Å². The summed E-state index contributed by atoms with van der Waals surface area (Å²) in [7, 11) is -4.06. The maximum Gasteiger partial charge on any atom is 0.325 e. The van der Waals surface area contributed by atoms with Crippen LogP contribution < -0.4 is 0 Å². The number of β-amino-alcohol motifs (C(OH)–C–C–N with tert-alkyl or cyclic N) is 1. The first-order valence-corrected chi connectivity index (χ1v) is 10.8. The van der Waals surface area contributed by atoms with E-state index in [1.54, 1.807) is 36.5 Å². The number of fused-ring (bicyclic) bond motifs is 1. The second-order valence-corrected chi connectivity index (χ2v) is 8.99.